The second-order valence-electron chi connectivity index (χ2n) is 6.92. The van der Waals surface area contributed by atoms with Gasteiger partial charge in [-0.05, 0) is 24.0 Å². The molecular weight excluding hydrogens is 302 g/mol. The van der Waals surface area contributed by atoms with E-state index < -0.39 is 0 Å². The van der Waals surface area contributed by atoms with Crippen molar-refractivity contribution in [1.82, 2.24) is 15.1 Å². The Morgan fingerprint density at radius 3 is 2.79 bits per heavy atom. The second kappa shape index (κ2) is 7.99. The van der Waals surface area contributed by atoms with E-state index in [9.17, 15) is 4.79 Å². The van der Waals surface area contributed by atoms with Crippen LogP contribution in [0.25, 0.3) is 0 Å². The first-order valence-corrected chi connectivity index (χ1v) is 9.04. The van der Waals surface area contributed by atoms with Crippen LogP contribution in [0.3, 0.4) is 0 Å². The highest BCUT2D eigenvalue weighted by molar-refractivity contribution is 5.77. The molecule has 0 radical (unpaired) electrons. The van der Waals surface area contributed by atoms with Crippen molar-refractivity contribution >= 4 is 5.91 Å². The van der Waals surface area contributed by atoms with Gasteiger partial charge in [0.25, 0.3) is 0 Å². The van der Waals surface area contributed by atoms with Crippen LogP contribution in [0.5, 0.6) is 5.75 Å². The van der Waals surface area contributed by atoms with Crippen molar-refractivity contribution in [1.29, 1.82) is 0 Å². The Bertz CT molecular complexity index is 557. The summed E-state index contributed by atoms with van der Waals surface area (Å²) in [4.78, 5) is 17.3. The van der Waals surface area contributed by atoms with E-state index in [0.717, 1.165) is 57.0 Å². The SMILES string of the molecule is COc1ccccc1C(C)CC(=O)N1CCC(N2CCNCC2)C1. The number of carbonyl (C=O) groups is 1. The number of likely N-dealkylation sites (tertiary alicyclic amines) is 1. The molecule has 2 fully saturated rings. The molecule has 2 aliphatic rings. The Labute approximate surface area is 145 Å². The van der Waals surface area contributed by atoms with Gasteiger partial charge in [0.15, 0.2) is 0 Å². The van der Waals surface area contributed by atoms with Gasteiger partial charge in [0.2, 0.25) is 5.91 Å². The molecule has 0 aliphatic carbocycles. The number of nitrogens with one attached hydrogen (secondary N) is 1. The molecule has 0 spiro atoms. The Balaban J connectivity index is 1.55. The number of ether oxygens (including phenoxy) is 1. The Hall–Kier alpha value is -1.59. The van der Waals surface area contributed by atoms with Crippen LogP contribution in [0.1, 0.15) is 31.2 Å². The molecule has 5 nitrogen and oxygen atoms in total. The summed E-state index contributed by atoms with van der Waals surface area (Å²) in [5, 5.41) is 3.39. The molecule has 1 aromatic carbocycles. The van der Waals surface area contributed by atoms with E-state index in [2.05, 4.69) is 28.1 Å². The summed E-state index contributed by atoms with van der Waals surface area (Å²) in [6, 6.07) is 8.54. The van der Waals surface area contributed by atoms with E-state index in [-0.39, 0.29) is 11.8 Å². The van der Waals surface area contributed by atoms with E-state index in [1.54, 1.807) is 7.11 Å². The summed E-state index contributed by atoms with van der Waals surface area (Å²) in [6.45, 7) is 8.22. The summed E-state index contributed by atoms with van der Waals surface area (Å²) in [6.07, 6.45) is 1.66. The van der Waals surface area contributed by atoms with Gasteiger partial charge in [-0.1, -0.05) is 25.1 Å². The highest BCUT2D eigenvalue weighted by atomic mass is 16.5. The molecule has 24 heavy (non-hydrogen) atoms. The summed E-state index contributed by atoms with van der Waals surface area (Å²) >= 11 is 0. The monoisotopic (exact) mass is 331 g/mol. The van der Waals surface area contributed by atoms with E-state index in [0.29, 0.717) is 12.5 Å². The molecule has 1 amide bonds. The number of hydrogen-bond donors (Lipinski definition) is 1. The van der Waals surface area contributed by atoms with Gasteiger partial charge in [-0.25, -0.2) is 0 Å². The molecule has 2 saturated heterocycles. The minimum absolute atomic E-state index is 0.173. The van der Waals surface area contributed by atoms with Crippen LogP contribution in [-0.4, -0.2) is 68.1 Å². The highest BCUT2D eigenvalue weighted by Gasteiger charge is 2.31. The number of rotatable bonds is 5. The van der Waals surface area contributed by atoms with Crippen LogP contribution in [0, 0.1) is 0 Å². The number of hydrogen-bond acceptors (Lipinski definition) is 4. The van der Waals surface area contributed by atoms with Gasteiger partial charge >= 0.3 is 0 Å². The first-order valence-electron chi connectivity index (χ1n) is 9.04. The molecule has 0 aromatic heterocycles. The Kier molecular flexibility index (Phi) is 5.74. The minimum atomic E-state index is 0.173. The van der Waals surface area contributed by atoms with E-state index in [1.807, 2.05) is 18.2 Å². The average Bonchev–Trinajstić information content (AvgIpc) is 3.12. The van der Waals surface area contributed by atoms with E-state index in [4.69, 9.17) is 4.74 Å². The molecule has 2 heterocycles. The Morgan fingerprint density at radius 2 is 2.04 bits per heavy atom. The van der Waals surface area contributed by atoms with Gasteiger partial charge in [-0.3, -0.25) is 9.69 Å². The molecule has 3 rings (SSSR count). The first kappa shape index (κ1) is 17.2. The zero-order valence-corrected chi connectivity index (χ0v) is 14.8. The van der Waals surface area contributed by atoms with Crippen LogP contribution in [0.4, 0.5) is 0 Å². The fourth-order valence-corrected chi connectivity index (χ4v) is 3.89. The van der Waals surface area contributed by atoms with Crippen LogP contribution in [-0.2, 0) is 4.79 Å². The molecule has 1 aromatic rings. The molecule has 2 atom stereocenters. The summed E-state index contributed by atoms with van der Waals surface area (Å²) in [5.74, 6) is 1.32. The standard InChI is InChI=1S/C19H29N3O2/c1-15(17-5-3-4-6-18(17)24-2)13-19(23)22-10-7-16(14-22)21-11-8-20-9-12-21/h3-6,15-16,20H,7-14H2,1-2H3. The molecule has 5 heteroatoms. The normalized spacial score (nSPS) is 23.2. The number of nitrogens with zero attached hydrogens (tertiary/aromatic N) is 2. The van der Waals surface area contributed by atoms with Gasteiger partial charge in [0, 0.05) is 51.7 Å². The molecule has 0 saturated carbocycles. The molecule has 2 unspecified atom stereocenters. The maximum absolute atomic E-state index is 12.7. The Morgan fingerprint density at radius 1 is 1.29 bits per heavy atom. The first-order chi connectivity index (χ1) is 11.7. The average molecular weight is 331 g/mol. The van der Waals surface area contributed by atoms with E-state index in [1.165, 1.54) is 0 Å². The third-order valence-electron chi connectivity index (χ3n) is 5.33. The van der Waals surface area contributed by atoms with Crippen molar-refractivity contribution in [3.63, 3.8) is 0 Å². The molecule has 0 bridgehead atoms. The molecule has 1 N–H and O–H groups in total. The lowest BCUT2D eigenvalue weighted by Crippen LogP contribution is -2.49. The third kappa shape index (κ3) is 3.90. The largest absolute Gasteiger partial charge is 0.496 e. The lowest BCUT2D eigenvalue weighted by molar-refractivity contribution is -0.130. The molecular formula is C19H29N3O2. The minimum Gasteiger partial charge on any atom is -0.496 e. The maximum Gasteiger partial charge on any atom is 0.223 e. The van der Waals surface area contributed by atoms with Crippen molar-refractivity contribution in [3.05, 3.63) is 29.8 Å². The predicted molar refractivity (Wildman–Crippen MR) is 95.5 cm³/mol. The molecule has 2 aliphatic heterocycles. The number of piperazine rings is 1. The fourth-order valence-electron chi connectivity index (χ4n) is 3.89. The quantitative estimate of drug-likeness (QED) is 0.892. The van der Waals surface area contributed by atoms with Gasteiger partial charge in [0.1, 0.15) is 5.75 Å². The topological polar surface area (TPSA) is 44.8 Å². The summed E-state index contributed by atoms with van der Waals surface area (Å²) < 4.78 is 5.43. The summed E-state index contributed by atoms with van der Waals surface area (Å²) in [7, 11) is 1.69. The van der Waals surface area contributed by atoms with Gasteiger partial charge in [-0.15, -0.1) is 0 Å². The number of benzene rings is 1. The number of para-hydroxylation sites is 1. The van der Waals surface area contributed by atoms with Crippen LogP contribution >= 0.6 is 0 Å². The van der Waals surface area contributed by atoms with Crippen molar-refractivity contribution in [2.24, 2.45) is 0 Å². The van der Waals surface area contributed by atoms with E-state index >= 15 is 0 Å². The van der Waals surface area contributed by atoms with Crippen LogP contribution in [0.2, 0.25) is 0 Å². The zero-order chi connectivity index (χ0) is 16.9. The summed E-state index contributed by atoms with van der Waals surface area (Å²) in [5.41, 5.74) is 1.12. The smallest absolute Gasteiger partial charge is 0.223 e. The molecule has 132 valence electrons. The van der Waals surface area contributed by atoms with Gasteiger partial charge in [-0.2, -0.15) is 0 Å². The van der Waals surface area contributed by atoms with Crippen molar-refractivity contribution in [2.75, 3.05) is 46.4 Å². The predicted octanol–water partition coefficient (Wildman–Crippen LogP) is 1.69. The van der Waals surface area contributed by atoms with Crippen LogP contribution < -0.4 is 10.1 Å². The lowest BCUT2D eigenvalue weighted by atomic mass is 9.96. The lowest BCUT2D eigenvalue weighted by Gasteiger charge is -2.32. The zero-order valence-electron chi connectivity index (χ0n) is 14.8. The van der Waals surface area contributed by atoms with Crippen LogP contribution in [0.15, 0.2) is 24.3 Å². The van der Waals surface area contributed by atoms with Crippen molar-refractivity contribution < 1.29 is 9.53 Å². The number of amides is 1. The maximum atomic E-state index is 12.7. The highest BCUT2D eigenvalue weighted by Crippen LogP contribution is 2.29. The number of methoxy groups -OCH3 is 1. The van der Waals surface area contributed by atoms with Gasteiger partial charge < -0.3 is 15.0 Å². The number of carbonyl (C=O) groups excluding carboxylic acids is 1. The second-order valence-corrected chi connectivity index (χ2v) is 6.92. The van der Waals surface area contributed by atoms with Gasteiger partial charge in [0.05, 0.1) is 7.11 Å². The fraction of sp³-hybridized carbons (Fsp3) is 0.632. The van der Waals surface area contributed by atoms with Crippen molar-refractivity contribution in [2.45, 2.75) is 31.7 Å². The third-order valence-corrected chi connectivity index (χ3v) is 5.33. The van der Waals surface area contributed by atoms with Crippen molar-refractivity contribution in [3.8, 4) is 5.75 Å².